The van der Waals surface area contributed by atoms with Crippen molar-refractivity contribution in [3.8, 4) is 0 Å². The molecular weight excluding hydrogens is 733 g/mol. The molecule has 4 aliphatic carbocycles. The Hall–Kier alpha value is -0.980. The predicted octanol–water partition coefficient (Wildman–Crippen LogP) is 13.7. The predicted molar refractivity (Wildman–Crippen MR) is 221 cm³/mol. The van der Waals surface area contributed by atoms with E-state index < -0.39 is 11.4 Å². The van der Waals surface area contributed by atoms with Crippen molar-refractivity contribution < 1.29 is 9.90 Å². The molecule has 0 heterocycles. The van der Waals surface area contributed by atoms with Crippen LogP contribution in [0.3, 0.4) is 0 Å². The Balaban J connectivity index is 1.40. The number of hydrogen-bond donors (Lipinski definition) is 4. The molecule has 5 unspecified atom stereocenters. The third-order valence-corrected chi connectivity index (χ3v) is 17.0. The van der Waals surface area contributed by atoms with E-state index in [1.807, 2.05) is 18.2 Å². The highest BCUT2D eigenvalue weighted by Crippen LogP contribution is 2.70. The zero-order valence-electron chi connectivity index (χ0n) is 31.1. The summed E-state index contributed by atoms with van der Waals surface area (Å²) in [4.78, 5) is 13.5. The summed E-state index contributed by atoms with van der Waals surface area (Å²) in [5.41, 5.74) is 10.4. The van der Waals surface area contributed by atoms with Crippen LogP contribution in [0.4, 0.5) is 5.69 Å². The minimum Gasteiger partial charge on any atom is -0.481 e. The molecule has 0 radical (unpaired) electrons. The van der Waals surface area contributed by atoms with Crippen LogP contribution in [0.2, 0.25) is 15.1 Å². The largest absolute Gasteiger partial charge is 0.481 e. The van der Waals surface area contributed by atoms with Crippen LogP contribution in [0.5, 0.6) is 0 Å². The first kappa shape index (κ1) is 39.7. The first-order chi connectivity index (χ1) is 24.0. The van der Waals surface area contributed by atoms with Crippen LogP contribution < -0.4 is 5.73 Å². The van der Waals surface area contributed by atoms with Crippen LogP contribution in [0.25, 0.3) is 0 Å². The van der Waals surface area contributed by atoms with Gasteiger partial charge in [-0.2, -0.15) is 0 Å². The number of thiol groups is 2. The summed E-state index contributed by atoms with van der Waals surface area (Å²) >= 11 is 30.4. The van der Waals surface area contributed by atoms with Crippen molar-refractivity contribution >= 4 is 71.7 Å². The number of aliphatic carboxylic acids is 1. The van der Waals surface area contributed by atoms with Crippen molar-refractivity contribution in [3.05, 3.63) is 62.1 Å². The Labute approximate surface area is 333 Å². The van der Waals surface area contributed by atoms with Crippen LogP contribution >= 0.6 is 60.1 Å². The number of benzene rings is 2. The van der Waals surface area contributed by atoms with Gasteiger partial charge >= 0.3 is 5.97 Å². The monoisotopic (exact) mass is 789 g/mol. The van der Waals surface area contributed by atoms with Crippen molar-refractivity contribution in [1.29, 1.82) is 0 Å². The standard InChI is InChI=1S/C43H58Cl3NO2S2/c1-24(2)7-6-8-25(3)28-11-12-29-27-10-9-26-23-43(32-13-16-34(50)39(46)38(32)45,22-21-41(26,4)30(27)19-20-42(28,29)5)31(14-18-36(48)49)37-33(44)15-17-35(51)40(37)47/h9,13,15-17,24-25,27-31,50-51H,6-8,10-12,14,18-23,47H2,1-5H3,(H,48,49)/t25-,27?,28-,29?,30?,31?,41+,42-,43?/m1/s1. The molecule has 3 N–H and O–H groups in total. The van der Waals surface area contributed by atoms with Gasteiger partial charge in [0.25, 0.3) is 0 Å². The van der Waals surface area contributed by atoms with E-state index in [9.17, 15) is 9.90 Å². The van der Waals surface area contributed by atoms with Crippen molar-refractivity contribution in [1.82, 2.24) is 0 Å². The number of halogens is 3. The lowest BCUT2D eigenvalue weighted by molar-refractivity contribution is -0.137. The minimum absolute atomic E-state index is 0.0205. The lowest BCUT2D eigenvalue weighted by Gasteiger charge is -2.61. The number of carboxylic acids is 1. The van der Waals surface area contributed by atoms with Crippen LogP contribution in [0.15, 0.2) is 45.7 Å². The summed E-state index contributed by atoms with van der Waals surface area (Å²) in [6, 6.07) is 7.62. The van der Waals surface area contributed by atoms with Gasteiger partial charge in [-0.1, -0.05) is 106 Å². The molecule has 0 saturated heterocycles. The Morgan fingerprint density at radius 3 is 2.35 bits per heavy atom. The number of carboxylic acid groups (broad SMARTS) is 1. The number of hydrogen-bond acceptors (Lipinski definition) is 4. The molecule has 0 amide bonds. The van der Waals surface area contributed by atoms with E-state index in [2.05, 4.69) is 59.4 Å². The molecule has 9 atom stereocenters. The molecule has 2 aromatic rings. The maximum absolute atomic E-state index is 12.2. The summed E-state index contributed by atoms with van der Waals surface area (Å²) in [6.07, 6.45) is 16.0. The average molecular weight is 791 g/mol. The van der Waals surface area contributed by atoms with E-state index in [1.165, 1.54) is 50.5 Å². The molecule has 280 valence electrons. The van der Waals surface area contributed by atoms with Gasteiger partial charge in [-0.25, -0.2) is 0 Å². The van der Waals surface area contributed by atoms with E-state index in [4.69, 9.17) is 53.2 Å². The smallest absolute Gasteiger partial charge is 0.303 e. The zero-order chi connectivity index (χ0) is 37.0. The van der Waals surface area contributed by atoms with Crippen LogP contribution in [0, 0.1) is 46.3 Å². The molecule has 51 heavy (non-hydrogen) atoms. The lowest BCUT2D eigenvalue weighted by atomic mass is 9.44. The van der Waals surface area contributed by atoms with Crippen molar-refractivity contribution in [2.45, 2.75) is 139 Å². The molecule has 6 rings (SSSR count). The van der Waals surface area contributed by atoms with Gasteiger partial charge in [0.15, 0.2) is 0 Å². The van der Waals surface area contributed by atoms with Crippen molar-refractivity contribution in [2.75, 3.05) is 5.73 Å². The highest BCUT2D eigenvalue weighted by atomic mass is 35.5. The quantitative estimate of drug-likeness (QED) is 0.104. The molecular formula is C43H58Cl3NO2S2. The second-order valence-corrected chi connectivity index (χ2v) is 19.9. The number of fused-ring (bicyclic) bond motifs is 5. The van der Waals surface area contributed by atoms with E-state index in [0.717, 1.165) is 60.5 Å². The zero-order valence-corrected chi connectivity index (χ0v) is 35.1. The topological polar surface area (TPSA) is 63.3 Å². The van der Waals surface area contributed by atoms with E-state index in [-0.39, 0.29) is 17.8 Å². The highest BCUT2D eigenvalue weighted by Gasteiger charge is 2.61. The molecule has 4 aliphatic rings. The van der Waals surface area contributed by atoms with Gasteiger partial charge in [0.05, 0.1) is 10.0 Å². The fraction of sp³-hybridized carbons (Fsp3) is 0.651. The molecule has 0 aliphatic heterocycles. The van der Waals surface area contributed by atoms with Gasteiger partial charge in [-0.15, -0.1) is 25.3 Å². The molecule has 3 nitrogen and oxygen atoms in total. The van der Waals surface area contributed by atoms with Crippen molar-refractivity contribution in [3.63, 3.8) is 0 Å². The Morgan fingerprint density at radius 1 is 0.922 bits per heavy atom. The van der Waals surface area contributed by atoms with E-state index in [0.29, 0.717) is 54.2 Å². The van der Waals surface area contributed by atoms with E-state index in [1.54, 1.807) is 0 Å². The van der Waals surface area contributed by atoms with Gasteiger partial charge in [-0.05, 0) is 139 Å². The summed E-state index contributed by atoms with van der Waals surface area (Å²) in [7, 11) is 0. The third-order valence-electron chi connectivity index (χ3n) is 14.9. The van der Waals surface area contributed by atoms with Crippen LogP contribution in [-0.2, 0) is 10.2 Å². The number of carbonyl (C=O) groups is 1. The maximum atomic E-state index is 12.2. The molecule has 8 heteroatoms. The number of nitrogens with two attached hydrogens (primary N) is 1. The number of rotatable bonds is 11. The second kappa shape index (κ2) is 15.3. The lowest BCUT2D eigenvalue weighted by Crippen LogP contribution is -2.53. The molecule has 0 bridgehead atoms. The highest BCUT2D eigenvalue weighted by molar-refractivity contribution is 7.80. The normalized spacial score (nSPS) is 32.9. The third kappa shape index (κ3) is 7.05. The van der Waals surface area contributed by atoms with Gasteiger partial charge in [0.2, 0.25) is 0 Å². The number of allylic oxidation sites excluding steroid dienone is 2. The van der Waals surface area contributed by atoms with Gasteiger partial charge in [0.1, 0.15) is 0 Å². The molecule has 0 aromatic heterocycles. The first-order valence-electron chi connectivity index (χ1n) is 19.4. The summed E-state index contributed by atoms with van der Waals surface area (Å²) in [5.74, 6) is 3.32. The van der Waals surface area contributed by atoms with Crippen molar-refractivity contribution in [2.24, 2.45) is 46.3 Å². The summed E-state index contributed by atoms with van der Waals surface area (Å²) < 4.78 is 0. The SMILES string of the molecule is CC(C)CCC[C@@H](C)[C@H]1CCC2C3CC=C4CC(c5ccc(S)c(Cl)c5Cl)(C(CCC(=O)O)c5c(Cl)ccc(S)c5N)CC[C@]4(C)C3CC[C@@]21C. The Kier molecular flexibility index (Phi) is 11.9. The number of anilines is 1. The van der Waals surface area contributed by atoms with Gasteiger partial charge in [-0.3, -0.25) is 4.79 Å². The van der Waals surface area contributed by atoms with Gasteiger partial charge < -0.3 is 10.8 Å². The molecule has 3 saturated carbocycles. The average Bonchev–Trinajstić information content (AvgIpc) is 3.44. The fourth-order valence-corrected chi connectivity index (χ4v) is 13.5. The van der Waals surface area contributed by atoms with Crippen LogP contribution in [-0.4, -0.2) is 11.1 Å². The fourth-order valence-electron chi connectivity index (χ4n) is 12.3. The molecule has 2 aromatic carbocycles. The van der Waals surface area contributed by atoms with E-state index >= 15 is 0 Å². The number of nitrogen functional groups attached to an aromatic ring is 1. The summed E-state index contributed by atoms with van der Waals surface area (Å²) in [6.45, 7) is 12.4. The Morgan fingerprint density at radius 2 is 1.65 bits per heavy atom. The second-order valence-electron chi connectivity index (χ2n) is 17.8. The Bertz CT molecular complexity index is 1680. The first-order valence-corrected chi connectivity index (χ1v) is 21.4. The summed E-state index contributed by atoms with van der Waals surface area (Å²) in [5, 5.41) is 11.4. The molecule has 0 spiro atoms. The molecule has 3 fully saturated rings. The van der Waals surface area contributed by atoms with Gasteiger partial charge in [0, 0.05) is 32.3 Å². The van der Waals surface area contributed by atoms with Crippen LogP contribution in [0.1, 0.15) is 135 Å². The minimum atomic E-state index is -0.851. The maximum Gasteiger partial charge on any atom is 0.303 e.